The molecule has 96 valence electrons. The number of carbonyl (C=O) groups excluding carboxylic acids is 1. The first-order chi connectivity index (χ1) is 8.58. The maximum Gasteiger partial charge on any atom is 0.216 e. The van der Waals surface area contributed by atoms with Crippen LogP contribution in [0.5, 0.6) is 0 Å². The molecule has 7 heteroatoms. The van der Waals surface area contributed by atoms with E-state index in [2.05, 4.69) is 20.5 Å². The topological polar surface area (TPSA) is 111 Å². The molecular weight excluding hydrogens is 236 g/mol. The zero-order valence-electron chi connectivity index (χ0n) is 9.79. The number of amides is 1. The average Bonchev–Trinajstić information content (AvgIpc) is 2.81. The van der Waals surface area contributed by atoms with Crippen molar-refractivity contribution in [3.05, 3.63) is 24.0 Å². The van der Waals surface area contributed by atoms with Crippen molar-refractivity contribution in [1.82, 2.24) is 20.5 Å². The van der Waals surface area contributed by atoms with Gasteiger partial charge in [-0.2, -0.15) is 5.10 Å². The lowest BCUT2D eigenvalue weighted by atomic mass is 10.1. The van der Waals surface area contributed by atoms with Crippen molar-refractivity contribution in [2.75, 3.05) is 6.54 Å². The number of aromatic amines is 1. The molecule has 0 aliphatic heterocycles. The van der Waals surface area contributed by atoms with E-state index in [1.54, 1.807) is 12.3 Å². The van der Waals surface area contributed by atoms with E-state index in [0.29, 0.717) is 16.6 Å². The van der Waals surface area contributed by atoms with Gasteiger partial charge in [0.2, 0.25) is 5.91 Å². The molecule has 0 radical (unpaired) electrons. The molecule has 0 spiro atoms. The van der Waals surface area contributed by atoms with Crippen LogP contribution in [0.25, 0.3) is 11.0 Å². The van der Waals surface area contributed by atoms with Crippen LogP contribution in [0.2, 0.25) is 0 Å². The summed E-state index contributed by atoms with van der Waals surface area (Å²) in [6, 6.07) is 1.66. The summed E-state index contributed by atoms with van der Waals surface area (Å²) in [6.45, 7) is 1.33. The number of nitrogens with zero attached hydrogens (tertiary/aromatic N) is 2. The van der Waals surface area contributed by atoms with Crippen LogP contribution >= 0.6 is 0 Å². The number of hydrogen-bond donors (Lipinski definition) is 4. The lowest BCUT2D eigenvalue weighted by molar-refractivity contribution is -0.119. The second kappa shape index (κ2) is 5.11. The van der Waals surface area contributed by atoms with Crippen molar-refractivity contribution < 1.29 is 15.0 Å². The van der Waals surface area contributed by atoms with Gasteiger partial charge in [-0.3, -0.25) is 14.9 Å². The first-order valence-corrected chi connectivity index (χ1v) is 5.47. The van der Waals surface area contributed by atoms with Gasteiger partial charge >= 0.3 is 0 Å². The molecule has 0 aliphatic carbocycles. The van der Waals surface area contributed by atoms with E-state index in [0.717, 1.165) is 0 Å². The average molecular weight is 250 g/mol. The highest BCUT2D eigenvalue weighted by molar-refractivity contribution is 5.73. The normalized spacial score (nSPS) is 14.4. The summed E-state index contributed by atoms with van der Waals surface area (Å²) in [5.74, 6) is -0.261. The molecule has 0 bridgehead atoms. The maximum atomic E-state index is 10.7. The summed E-state index contributed by atoms with van der Waals surface area (Å²) in [7, 11) is 0. The molecule has 2 unspecified atom stereocenters. The second-order valence-electron chi connectivity index (χ2n) is 4.02. The number of pyridine rings is 1. The first-order valence-electron chi connectivity index (χ1n) is 5.47. The third kappa shape index (κ3) is 2.63. The van der Waals surface area contributed by atoms with Gasteiger partial charge in [0.1, 0.15) is 17.7 Å². The molecule has 2 atom stereocenters. The van der Waals surface area contributed by atoms with Gasteiger partial charge in [0.25, 0.3) is 0 Å². The van der Waals surface area contributed by atoms with Crippen LogP contribution < -0.4 is 5.32 Å². The van der Waals surface area contributed by atoms with Crippen LogP contribution in [0.1, 0.15) is 18.6 Å². The van der Waals surface area contributed by atoms with E-state index in [1.165, 1.54) is 13.1 Å². The van der Waals surface area contributed by atoms with Gasteiger partial charge in [0, 0.05) is 25.2 Å². The standard InChI is InChI=1S/C11H14N4O3/c1-6(16)12-5-10(17)11(18)7-2-8-9(13-3-7)4-14-15-8/h2-4,10-11,17-18H,5H2,1H3,(H,12,16)(H,14,15). The molecular formula is C11H14N4O3. The van der Waals surface area contributed by atoms with E-state index in [9.17, 15) is 15.0 Å². The zero-order valence-corrected chi connectivity index (χ0v) is 9.79. The Kier molecular flexibility index (Phi) is 3.54. The van der Waals surface area contributed by atoms with E-state index in [4.69, 9.17) is 0 Å². The zero-order chi connectivity index (χ0) is 13.1. The van der Waals surface area contributed by atoms with E-state index in [-0.39, 0.29) is 12.5 Å². The highest BCUT2D eigenvalue weighted by Crippen LogP contribution is 2.19. The van der Waals surface area contributed by atoms with Crippen molar-refractivity contribution >= 4 is 16.9 Å². The molecule has 0 fully saturated rings. The number of hydrogen-bond acceptors (Lipinski definition) is 5. The smallest absolute Gasteiger partial charge is 0.216 e. The number of aliphatic hydroxyl groups excluding tert-OH is 2. The summed E-state index contributed by atoms with van der Waals surface area (Å²) in [4.78, 5) is 14.8. The maximum absolute atomic E-state index is 10.7. The number of rotatable bonds is 4. The van der Waals surface area contributed by atoms with Gasteiger partial charge in [-0.25, -0.2) is 0 Å². The Morgan fingerprint density at radius 2 is 2.28 bits per heavy atom. The van der Waals surface area contributed by atoms with E-state index < -0.39 is 12.2 Å². The summed E-state index contributed by atoms with van der Waals surface area (Å²) in [6.07, 6.45) is 0.840. The Bertz CT molecular complexity index is 554. The van der Waals surface area contributed by atoms with Gasteiger partial charge in [0.05, 0.1) is 11.7 Å². The molecule has 0 saturated carbocycles. The molecule has 4 N–H and O–H groups in total. The van der Waals surface area contributed by atoms with Crippen molar-refractivity contribution in [3.63, 3.8) is 0 Å². The summed E-state index contributed by atoms with van der Waals surface area (Å²) < 4.78 is 0. The quantitative estimate of drug-likeness (QED) is 0.584. The molecule has 2 rings (SSSR count). The lowest BCUT2D eigenvalue weighted by Gasteiger charge is -2.17. The number of nitrogens with one attached hydrogen (secondary N) is 2. The second-order valence-corrected chi connectivity index (χ2v) is 4.02. The van der Waals surface area contributed by atoms with Crippen LogP contribution in [-0.2, 0) is 4.79 Å². The number of H-pyrrole nitrogens is 1. The van der Waals surface area contributed by atoms with Crippen molar-refractivity contribution in [3.8, 4) is 0 Å². The highest BCUT2D eigenvalue weighted by atomic mass is 16.3. The number of aromatic nitrogens is 3. The van der Waals surface area contributed by atoms with Crippen molar-refractivity contribution in [2.24, 2.45) is 0 Å². The van der Waals surface area contributed by atoms with Crippen LogP contribution in [0.15, 0.2) is 18.5 Å². The largest absolute Gasteiger partial charge is 0.388 e. The predicted molar refractivity (Wildman–Crippen MR) is 63.5 cm³/mol. The summed E-state index contributed by atoms with van der Waals surface area (Å²) in [5, 5.41) is 28.6. The van der Waals surface area contributed by atoms with E-state index >= 15 is 0 Å². The number of fused-ring (bicyclic) bond motifs is 1. The fraction of sp³-hybridized carbons (Fsp3) is 0.364. The summed E-state index contributed by atoms with van der Waals surface area (Å²) >= 11 is 0. The van der Waals surface area contributed by atoms with Gasteiger partial charge in [-0.05, 0) is 6.07 Å². The minimum Gasteiger partial charge on any atom is -0.388 e. The Morgan fingerprint density at radius 1 is 1.50 bits per heavy atom. The third-order valence-electron chi connectivity index (χ3n) is 2.58. The van der Waals surface area contributed by atoms with Crippen LogP contribution in [-0.4, -0.2) is 44.0 Å². The van der Waals surface area contributed by atoms with Crippen molar-refractivity contribution in [2.45, 2.75) is 19.1 Å². The minimum atomic E-state index is -1.11. The van der Waals surface area contributed by atoms with Gasteiger partial charge < -0.3 is 15.5 Å². The fourth-order valence-electron chi connectivity index (χ4n) is 1.59. The molecule has 18 heavy (non-hydrogen) atoms. The fourth-order valence-corrected chi connectivity index (χ4v) is 1.59. The Balaban J connectivity index is 2.11. The molecule has 2 heterocycles. The van der Waals surface area contributed by atoms with Gasteiger partial charge in [-0.1, -0.05) is 0 Å². The first kappa shape index (κ1) is 12.5. The molecule has 2 aromatic heterocycles. The number of aliphatic hydroxyl groups is 2. The van der Waals surface area contributed by atoms with Gasteiger partial charge in [0.15, 0.2) is 0 Å². The Labute approximate surface area is 103 Å². The highest BCUT2D eigenvalue weighted by Gasteiger charge is 2.19. The predicted octanol–water partition coefficient (Wildman–Crippen LogP) is -0.512. The number of carbonyl (C=O) groups is 1. The van der Waals surface area contributed by atoms with Crippen LogP contribution in [0, 0.1) is 0 Å². The molecule has 0 aliphatic rings. The van der Waals surface area contributed by atoms with Gasteiger partial charge in [-0.15, -0.1) is 0 Å². The van der Waals surface area contributed by atoms with Crippen molar-refractivity contribution in [1.29, 1.82) is 0 Å². The Hall–Kier alpha value is -1.99. The van der Waals surface area contributed by atoms with E-state index in [1.807, 2.05) is 0 Å². The molecule has 0 saturated heterocycles. The minimum absolute atomic E-state index is 0.0164. The monoisotopic (exact) mass is 250 g/mol. The molecule has 0 aromatic carbocycles. The SMILES string of the molecule is CC(=O)NCC(O)C(O)c1cnc2cn[nH]c2c1. The molecule has 7 nitrogen and oxygen atoms in total. The third-order valence-corrected chi connectivity index (χ3v) is 2.58. The Morgan fingerprint density at radius 3 is 3.00 bits per heavy atom. The van der Waals surface area contributed by atoms with Crippen LogP contribution in [0.4, 0.5) is 0 Å². The molecule has 2 aromatic rings. The molecule has 1 amide bonds. The van der Waals surface area contributed by atoms with Crippen LogP contribution in [0.3, 0.4) is 0 Å². The lowest BCUT2D eigenvalue weighted by Crippen LogP contribution is -2.34. The summed E-state index contributed by atoms with van der Waals surface area (Å²) in [5.41, 5.74) is 1.82.